The van der Waals surface area contributed by atoms with Crippen LogP contribution in [0, 0.1) is 0 Å². The highest BCUT2D eigenvalue weighted by molar-refractivity contribution is 6.26. The van der Waals surface area contributed by atoms with Gasteiger partial charge in [-0.15, -0.1) is 0 Å². The summed E-state index contributed by atoms with van der Waals surface area (Å²) >= 11 is 0. The van der Waals surface area contributed by atoms with Crippen molar-refractivity contribution in [2.45, 2.75) is 0 Å². The summed E-state index contributed by atoms with van der Waals surface area (Å²) in [5, 5.41) is 7.44. The Morgan fingerprint density at radius 3 is 1.96 bits per heavy atom. The molecule has 0 amide bonds. The molecule has 0 unspecified atom stereocenters. The number of fused-ring (bicyclic) bond motifs is 4. The van der Waals surface area contributed by atoms with Crippen molar-refractivity contribution in [1.29, 1.82) is 0 Å². The zero-order chi connectivity index (χ0) is 31.3. The van der Waals surface area contributed by atoms with Crippen LogP contribution in [0.3, 0.4) is 0 Å². The van der Waals surface area contributed by atoms with E-state index in [0.717, 1.165) is 50.3 Å². The SMILES string of the molecule is C1=Cc2cccc3c2c2c4c1cccc4ccc2n3-c1nc2ccccc2nc1-c1ccc2c(c1)c1ccccc1n2-c1ccccc1. The first-order chi connectivity index (χ1) is 23.8. The van der Waals surface area contributed by atoms with Gasteiger partial charge in [0, 0.05) is 32.8 Å². The molecule has 0 N–H and O–H groups in total. The van der Waals surface area contributed by atoms with E-state index >= 15 is 0 Å². The van der Waals surface area contributed by atoms with Gasteiger partial charge in [-0.1, -0.05) is 103 Å². The molecule has 0 radical (unpaired) electrons. The highest BCUT2D eigenvalue weighted by Crippen LogP contribution is 2.44. The third-order valence-corrected chi connectivity index (χ3v) is 10.0. The van der Waals surface area contributed by atoms with E-state index in [1.165, 1.54) is 49.0 Å². The number of benzene rings is 7. The molecule has 0 atom stereocenters. The van der Waals surface area contributed by atoms with Gasteiger partial charge in [0.05, 0.1) is 33.1 Å². The minimum Gasteiger partial charge on any atom is -0.309 e. The van der Waals surface area contributed by atoms with E-state index in [4.69, 9.17) is 9.97 Å². The second-order valence-corrected chi connectivity index (χ2v) is 12.6. The molecule has 1 aliphatic rings. The fraction of sp³-hybridized carbons (Fsp3) is 0. The van der Waals surface area contributed by atoms with Gasteiger partial charge in [0.2, 0.25) is 0 Å². The maximum atomic E-state index is 5.42. The predicted molar refractivity (Wildman–Crippen MR) is 200 cm³/mol. The maximum Gasteiger partial charge on any atom is 0.165 e. The highest BCUT2D eigenvalue weighted by atomic mass is 15.1. The molecule has 4 heteroatoms. The third-order valence-electron chi connectivity index (χ3n) is 10.0. The molecule has 3 aromatic heterocycles. The maximum absolute atomic E-state index is 5.42. The molecular weight excluding hydrogens is 585 g/mol. The Hall–Kier alpha value is -6.52. The van der Waals surface area contributed by atoms with Crippen LogP contribution in [0.25, 0.3) is 100 Å². The Balaban J connectivity index is 1.26. The molecular formula is C44H26N4. The van der Waals surface area contributed by atoms with Gasteiger partial charge in [-0.25, -0.2) is 9.97 Å². The number of rotatable bonds is 3. The molecule has 3 heterocycles. The number of para-hydroxylation sites is 4. The predicted octanol–water partition coefficient (Wildman–Crippen LogP) is 11.1. The van der Waals surface area contributed by atoms with Crippen LogP contribution >= 0.6 is 0 Å². The summed E-state index contributed by atoms with van der Waals surface area (Å²) < 4.78 is 4.69. The van der Waals surface area contributed by atoms with E-state index in [-0.39, 0.29) is 0 Å². The van der Waals surface area contributed by atoms with E-state index < -0.39 is 0 Å². The van der Waals surface area contributed by atoms with Gasteiger partial charge in [-0.05, 0) is 76.5 Å². The lowest BCUT2D eigenvalue weighted by atomic mass is 10.00. The molecule has 222 valence electrons. The van der Waals surface area contributed by atoms with E-state index in [0.29, 0.717) is 0 Å². The van der Waals surface area contributed by atoms with Crippen LogP contribution in [0.15, 0.2) is 146 Å². The van der Waals surface area contributed by atoms with E-state index in [9.17, 15) is 0 Å². The molecule has 0 bridgehead atoms. The zero-order valence-corrected chi connectivity index (χ0v) is 25.8. The summed E-state index contributed by atoms with van der Waals surface area (Å²) in [4.78, 5) is 10.8. The molecule has 0 spiro atoms. The van der Waals surface area contributed by atoms with Crippen LogP contribution in [0.5, 0.6) is 0 Å². The highest BCUT2D eigenvalue weighted by Gasteiger charge is 2.24. The molecule has 48 heavy (non-hydrogen) atoms. The van der Waals surface area contributed by atoms with Gasteiger partial charge in [-0.2, -0.15) is 0 Å². The summed E-state index contributed by atoms with van der Waals surface area (Å²) in [7, 11) is 0. The molecule has 7 aromatic carbocycles. The average Bonchev–Trinajstić information content (AvgIpc) is 3.60. The van der Waals surface area contributed by atoms with E-state index in [1.54, 1.807) is 0 Å². The lowest BCUT2D eigenvalue weighted by Gasteiger charge is -2.15. The van der Waals surface area contributed by atoms with Gasteiger partial charge in [0.1, 0.15) is 5.69 Å². The van der Waals surface area contributed by atoms with Gasteiger partial charge in [0.25, 0.3) is 0 Å². The van der Waals surface area contributed by atoms with E-state index in [2.05, 4.69) is 155 Å². The Labute approximate surface area is 275 Å². The molecule has 1 aliphatic carbocycles. The number of hydrogen-bond acceptors (Lipinski definition) is 2. The Bertz CT molecular complexity index is 3000. The average molecular weight is 611 g/mol. The smallest absolute Gasteiger partial charge is 0.165 e. The van der Waals surface area contributed by atoms with Gasteiger partial charge in [-0.3, -0.25) is 4.57 Å². The molecule has 0 aliphatic heterocycles. The Kier molecular flexibility index (Phi) is 5.08. The summed E-state index contributed by atoms with van der Waals surface area (Å²) in [6, 6.07) is 51.9. The van der Waals surface area contributed by atoms with Gasteiger partial charge in [0.15, 0.2) is 5.82 Å². The second-order valence-electron chi connectivity index (χ2n) is 12.6. The topological polar surface area (TPSA) is 35.6 Å². The van der Waals surface area contributed by atoms with Crippen molar-refractivity contribution in [3.63, 3.8) is 0 Å². The molecule has 0 fully saturated rings. The first-order valence-corrected chi connectivity index (χ1v) is 16.3. The van der Waals surface area contributed by atoms with Crippen LogP contribution in [0.2, 0.25) is 0 Å². The lowest BCUT2D eigenvalue weighted by molar-refractivity contribution is 1.08. The minimum absolute atomic E-state index is 0.832. The van der Waals surface area contributed by atoms with Crippen LogP contribution in [0.1, 0.15) is 11.1 Å². The fourth-order valence-electron chi connectivity index (χ4n) is 7.98. The molecule has 11 rings (SSSR count). The van der Waals surface area contributed by atoms with Crippen LogP contribution in [-0.4, -0.2) is 19.1 Å². The summed E-state index contributed by atoms with van der Waals surface area (Å²) in [6.07, 6.45) is 4.51. The standard InChI is InChI=1S/C44H26N4/c1-2-13-31(14-3-1)47-36-18-7-4-15-32(36)33-26-30(23-24-37(33)47)43-44(46-35-17-6-5-16-34(35)45-43)48-38-19-9-12-29-21-20-27-10-8-11-28-22-25-39(48)42(40(27)28)41(29)38/h1-26H. The van der Waals surface area contributed by atoms with Crippen molar-refractivity contribution in [2.75, 3.05) is 0 Å². The number of aromatic nitrogens is 4. The molecule has 0 saturated carbocycles. The first-order valence-electron chi connectivity index (χ1n) is 16.3. The lowest BCUT2D eigenvalue weighted by Crippen LogP contribution is -2.04. The van der Waals surface area contributed by atoms with Gasteiger partial charge < -0.3 is 4.57 Å². The number of nitrogens with zero attached hydrogens (tertiary/aromatic N) is 4. The first kappa shape index (κ1) is 25.6. The van der Waals surface area contributed by atoms with Crippen molar-refractivity contribution in [2.24, 2.45) is 0 Å². The summed E-state index contributed by atoms with van der Waals surface area (Å²) in [6.45, 7) is 0. The largest absolute Gasteiger partial charge is 0.309 e. The normalized spacial score (nSPS) is 12.5. The second kappa shape index (κ2) is 9.50. The summed E-state index contributed by atoms with van der Waals surface area (Å²) in [5.74, 6) is 0.832. The third kappa shape index (κ3) is 3.43. The van der Waals surface area contributed by atoms with Crippen molar-refractivity contribution in [1.82, 2.24) is 19.1 Å². The fourth-order valence-corrected chi connectivity index (χ4v) is 7.98. The monoisotopic (exact) mass is 610 g/mol. The van der Waals surface area contributed by atoms with Crippen LogP contribution < -0.4 is 0 Å². The van der Waals surface area contributed by atoms with Crippen molar-refractivity contribution < 1.29 is 0 Å². The van der Waals surface area contributed by atoms with Crippen LogP contribution in [-0.2, 0) is 0 Å². The Morgan fingerprint density at radius 1 is 0.417 bits per heavy atom. The van der Waals surface area contributed by atoms with Crippen molar-refractivity contribution in [3.8, 4) is 22.8 Å². The molecule has 0 saturated heterocycles. The molecule has 10 aromatic rings. The van der Waals surface area contributed by atoms with Gasteiger partial charge >= 0.3 is 0 Å². The minimum atomic E-state index is 0.832. The number of hydrogen-bond donors (Lipinski definition) is 0. The van der Waals surface area contributed by atoms with Crippen molar-refractivity contribution in [3.05, 3.63) is 157 Å². The van der Waals surface area contributed by atoms with Crippen LogP contribution in [0.4, 0.5) is 0 Å². The summed E-state index contributed by atoms with van der Waals surface area (Å²) in [5.41, 5.74) is 11.8. The Morgan fingerprint density at radius 2 is 1.08 bits per heavy atom. The molecule has 4 nitrogen and oxygen atoms in total. The quantitative estimate of drug-likeness (QED) is 0.199. The van der Waals surface area contributed by atoms with E-state index in [1.807, 2.05) is 12.1 Å². The zero-order valence-electron chi connectivity index (χ0n) is 25.8. The van der Waals surface area contributed by atoms with Crippen molar-refractivity contribution >= 4 is 77.6 Å².